The molecule has 1 heterocycles. The number of hydrogen-bond donors (Lipinski definition) is 0. The number of carbonyl (C=O) groups excluding carboxylic acids is 1. The van der Waals surface area contributed by atoms with E-state index in [1.165, 1.54) is 11.1 Å². The monoisotopic (exact) mass is 328 g/mol. The van der Waals surface area contributed by atoms with E-state index in [0.717, 1.165) is 39.0 Å². The van der Waals surface area contributed by atoms with Crippen molar-refractivity contribution in [3.05, 3.63) is 35.4 Å². The molecule has 0 unspecified atom stereocenters. The zero-order chi connectivity index (χ0) is 17.5. The summed E-state index contributed by atoms with van der Waals surface area (Å²) >= 11 is 0. The molecule has 1 aromatic rings. The third-order valence-electron chi connectivity index (χ3n) is 5.79. The first-order valence-electron chi connectivity index (χ1n) is 9.38. The fraction of sp³-hybridized carbons (Fsp3) is 0.667. The lowest BCUT2D eigenvalue weighted by molar-refractivity contribution is -0.136. The Balaban J connectivity index is 1.71. The van der Waals surface area contributed by atoms with E-state index in [2.05, 4.69) is 68.7 Å². The van der Waals surface area contributed by atoms with Gasteiger partial charge in [-0.15, -0.1) is 0 Å². The van der Waals surface area contributed by atoms with Crippen LogP contribution in [0.2, 0.25) is 0 Å². The van der Waals surface area contributed by atoms with Crippen LogP contribution < -0.4 is 0 Å². The molecule has 1 aromatic carbocycles. The van der Waals surface area contributed by atoms with Gasteiger partial charge < -0.3 is 4.90 Å². The van der Waals surface area contributed by atoms with Gasteiger partial charge in [0.15, 0.2) is 0 Å². The summed E-state index contributed by atoms with van der Waals surface area (Å²) in [6, 6.07) is 9.37. The lowest BCUT2D eigenvalue weighted by atomic mass is 9.84. The molecule has 1 aliphatic carbocycles. The molecule has 1 saturated carbocycles. The van der Waals surface area contributed by atoms with Crippen molar-refractivity contribution in [2.24, 2.45) is 0 Å². The summed E-state index contributed by atoms with van der Waals surface area (Å²) in [5, 5.41) is 0. The van der Waals surface area contributed by atoms with Crippen molar-refractivity contribution in [2.45, 2.75) is 64.3 Å². The Morgan fingerprint density at radius 2 is 1.54 bits per heavy atom. The van der Waals surface area contributed by atoms with Crippen LogP contribution in [0.3, 0.4) is 0 Å². The van der Waals surface area contributed by atoms with Gasteiger partial charge in [-0.2, -0.15) is 0 Å². The Hall–Kier alpha value is -1.35. The number of carbonyl (C=O) groups is 1. The lowest BCUT2D eigenvalue weighted by Crippen LogP contribution is -2.53. The number of hydrogen-bond acceptors (Lipinski definition) is 2. The van der Waals surface area contributed by atoms with Crippen molar-refractivity contribution in [1.29, 1.82) is 0 Å². The standard InChI is InChI=1S/C21H32N2O/c1-16(2)22-12-14-23(15-13-22)19(24)21(10-11-21)18-8-6-17(7-9-18)20(3,4)5/h6-9,16H,10-15H2,1-5H3. The Bertz CT molecular complexity index is 585. The molecule has 0 atom stereocenters. The van der Waals surface area contributed by atoms with Gasteiger partial charge in [-0.25, -0.2) is 0 Å². The van der Waals surface area contributed by atoms with E-state index in [1.807, 2.05) is 0 Å². The Labute approximate surface area is 147 Å². The van der Waals surface area contributed by atoms with Crippen LogP contribution >= 0.6 is 0 Å². The molecule has 2 aliphatic rings. The molecule has 1 amide bonds. The second kappa shape index (κ2) is 6.18. The zero-order valence-corrected chi connectivity index (χ0v) is 15.9. The molecule has 0 aromatic heterocycles. The molecule has 3 rings (SSSR count). The minimum Gasteiger partial charge on any atom is -0.339 e. The topological polar surface area (TPSA) is 23.6 Å². The second-order valence-electron chi connectivity index (χ2n) is 8.83. The van der Waals surface area contributed by atoms with Gasteiger partial charge in [0, 0.05) is 32.2 Å². The highest BCUT2D eigenvalue weighted by atomic mass is 16.2. The van der Waals surface area contributed by atoms with Crippen LogP contribution in [0.25, 0.3) is 0 Å². The maximum atomic E-state index is 13.1. The Morgan fingerprint density at radius 3 is 1.96 bits per heavy atom. The van der Waals surface area contributed by atoms with Crippen molar-refractivity contribution in [3.8, 4) is 0 Å². The van der Waals surface area contributed by atoms with E-state index in [9.17, 15) is 4.79 Å². The molecular formula is C21H32N2O. The van der Waals surface area contributed by atoms with Gasteiger partial charge in [0.1, 0.15) is 0 Å². The molecule has 1 aliphatic heterocycles. The molecule has 24 heavy (non-hydrogen) atoms. The Morgan fingerprint density at radius 1 is 1.00 bits per heavy atom. The van der Waals surface area contributed by atoms with Gasteiger partial charge in [-0.3, -0.25) is 9.69 Å². The van der Waals surface area contributed by atoms with E-state index in [4.69, 9.17) is 0 Å². The highest BCUT2D eigenvalue weighted by molar-refractivity contribution is 5.91. The average molecular weight is 329 g/mol. The van der Waals surface area contributed by atoms with E-state index in [1.54, 1.807) is 0 Å². The van der Waals surface area contributed by atoms with Crippen LogP contribution in [0.4, 0.5) is 0 Å². The van der Waals surface area contributed by atoms with Crippen molar-refractivity contribution in [1.82, 2.24) is 9.80 Å². The summed E-state index contributed by atoms with van der Waals surface area (Å²) in [5.74, 6) is 0.356. The average Bonchev–Trinajstić information content (AvgIpc) is 3.35. The smallest absolute Gasteiger partial charge is 0.233 e. The zero-order valence-electron chi connectivity index (χ0n) is 15.9. The van der Waals surface area contributed by atoms with E-state index < -0.39 is 0 Å². The minimum absolute atomic E-state index is 0.159. The SMILES string of the molecule is CC(C)N1CCN(C(=O)C2(c3ccc(C(C)(C)C)cc3)CC2)CC1. The fourth-order valence-corrected chi connectivity index (χ4v) is 3.78. The van der Waals surface area contributed by atoms with Gasteiger partial charge in [0.2, 0.25) is 5.91 Å². The molecule has 0 bridgehead atoms. The molecule has 2 fully saturated rings. The van der Waals surface area contributed by atoms with Crippen molar-refractivity contribution in [2.75, 3.05) is 26.2 Å². The second-order valence-corrected chi connectivity index (χ2v) is 8.83. The van der Waals surface area contributed by atoms with Crippen LogP contribution in [0, 0.1) is 0 Å². The summed E-state index contributed by atoms with van der Waals surface area (Å²) in [5.41, 5.74) is 2.48. The maximum absolute atomic E-state index is 13.1. The van der Waals surface area contributed by atoms with E-state index in [0.29, 0.717) is 11.9 Å². The number of nitrogens with zero attached hydrogens (tertiary/aromatic N) is 2. The first-order valence-corrected chi connectivity index (χ1v) is 9.38. The van der Waals surface area contributed by atoms with Gasteiger partial charge in [0.05, 0.1) is 5.41 Å². The summed E-state index contributed by atoms with van der Waals surface area (Å²) in [6.07, 6.45) is 2.01. The third kappa shape index (κ3) is 3.23. The molecular weight excluding hydrogens is 296 g/mol. The van der Waals surface area contributed by atoms with Crippen LogP contribution in [0.5, 0.6) is 0 Å². The summed E-state index contributed by atoms with van der Waals surface area (Å²) in [6.45, 7) is 14.9. The van der Waals surface area contributed by atoms with Gasteiger partial charge in [-0.05, 0) is 43.2 Å². The molecule has 3 heteroatoms. The Kier molecular flexibility index (Phi) is 4.50. The molecule has 3 nitrogen and oxygen atoms in total. The molecule has 1 saturated heterocycles. The van der Waals surface area contributed by atoms with Crippen molar-refractivity contribution in [3.63, 3.8) is 0 Å². The molecule has 0 N–H and O–H groups in total. The minimum atomic E-state index is -0.226. The third-order valence-corrected chi connectivity index (χ3v) is 5.79. The van der Waals surface area contributed by atoms with Gasteiger partial charge >= 0.3 is 0 Å². The van der Waals surface area contributed by atoms with E-state index in [-0.39, 0.29) is 10.8 Å². The number of benzene rings is 1. The summed E-state index contributed by atoms with van der Waals surface area (Å²) in [7, 11) is 0. The highest BCUT2D eigenvalue weighted by Gasteiger charge is 2.53. The first-order chi connectivity index (χ1) is 11.2. The number of amides is 1. The quantitative estimate of drug-likeness (QED) is 0.847. The predicted octanol–water partition coefficient (Wildman–Crippen LogP) is 3.57. The van der Waals surface area contributed by atoms with Crippen LogP contribution in [0.1, 0.15) is 58.6 Å². The van der Waals surface area contributed by atoms with Crippen LogP contribution in [0.15, 0.2) is 24.3 Å². The molecule has 132 valence electrons. The fourth-order valence-electron chi connectivity index (χ4n) is 3.78. The maximum Gasteiger partial charge on any atom is 0.233 e. The number of piperazine rings is 1. The highest BCUT2D eigenvalue weighted by Crippen LogP contribution is 2.50. The first kappa shape index (κ1) is 17.5. The lowest BCUT2D eigenvalue weighted by Gasteiger charge is -2.38. The predicted molar refractivity (Wildman–Crippen MR) is 99.3 cm³/mol. The number of rotatable bonds is 3. The van der Waals surface area contributed by atoms with E-state index >= 15 is 0 Å². The summed E-state index contributed by atoms with van der Waals surface area (Å²) < 4.78 is 0. The molecule has 0 spiro atoms. The van der Waals surface area contributed by atoms with Crippen LogP contribution in [-0.4, -0.2) is 47.9 Å². The normalized spacial score (nSPS) is 21.2. The van der Waals surface area contributed by atoms with Crippen LogP contribution in [-0.2, 0) is 15.6 Å². The van der Waals surface area contributed by atoms with Gasteiger partial charge in [0.25, 0.3) is 0 Å². The van der Waals surface area contributed by atoms with Crippen molar-refractivity contribution >= 4 is 5.91 Å². The van der Waals surface area contributed by atoms with Gasteiger partial charge in [-0.1, -0.05) is 45.0 Å². The van der Waals surface area contributed by atoms with Crippen molar-refractivity contribution < 1.29 is 4.79 Å². The summed E-state index contributed by atoms with van der Waals surface area (Å²) in [4.78, 5) is 17.7. The largest absolute Gasteiger partial charge is 0.339 e. The molecule has 0 radical (unpaired) electrons.